The molecule has 2 rings (SSSR count). The van der Waals surface area contributed by atoms with Crippen molar-refractivity contribution in [1.82, 2.24) is 10.2 Å². The fraction of sp³-hybridized carbons (Fsp3) is 0.529. The molecule has 1 atom stereocenters. The van der Waals surface area contributed by atoms with Gasteiger partial charge >= 0.3 is 6.03 Å². The van der Waals surface area contributed by atoms with Crippen LogP contribution in [0, 0.1) is 0 Å². The van der Waals surface area contributed by atoms with E-state index in [1.165, 1.54) is 0 Å². The number of amides is 3. The van der Waals surface area contributed by atoms with Gasteiger partial charge in [0, 0.05) is 36.4 Å². The second kappa shape index (κ2) is 9.49. The van der Waals surface area contributed by atoms with Crippen LogP contribution >= 0.6 is 12.4 Å². The van der Waals surface area contributed by atoms with Crippen molar-refractivity contribution in [1.29, 1.82) is 0 Å². The number of nitrogens with zero attached hydrogens (tertiary/aromatic N) is 1. The first-order valence-corrected chi connectivity index (χ1v) is 8.20. The minimum atomic E-state index is -0.276. The van der Waals surface area contributed by atoms with Crippen LogP contribution in [0.1, 0.15) is 43.5 Å². The average Bonchev–Trinajstić information content (AvgIpc) is 2.53. The molecule has 1 aliphatic heterocycles. The molecule has 0 saturated carbocycles. The topological polar surface area (TPSA) is 87.5 Å². The summed E-state index contributed by atoms with van der Waals surface area (Å²) in [5.41, 5.74) is 6.98. The Morgan fingerprint density at radius 3 is 2.75 bits per heavy atom. The summed E-state index contributed by atoms with van der Waals surface area (Å²) in [5, 5.41) is 5.51. The summed E-state index contributed by atoms with van der Waals surface area (Å²) < 4.78 is 0. The summed E-state index contributed by atoms with van der Waals surface area (Å²) in [7, 11) is 0. The number of urea groups is 1. The number of piperidine rings is 1. The Kier molecular flexibility index (Phi) is 8.01. The molecule has 0 spiro atoms. The van der Waals surface area contributed by atoms with Gasteiger partial charge in [0.15, 0.2) is 0 Å². The number of anilines is 1. The number of nitrogens with one attached hydrogen (secondary N) is 2. The predicted molar refractivity (Wildman–Crippen MR) is 98.7 cm³/mol. The summed E-state index contributed by atoms with van der Waals surface area (Å²) in [6.07, 6.45) is 3.08. The van der Waals surface area contributed by atoms with Crippen molar-refractivity contribution in [2.45, 2.75) is 45.2 Å². The molecule has 3 amide bonds. The van der Waals surface area contributed by atoms with Crippen LogP contribution in [0.3, 0.4) is 0 Å². The van der Waals surface area contributed by atoms with E-state index in [0.717, 1.165) is 25.8 Å². The lowest BCUT2D eigenvalue weighted by Crippen LogP contribution is -2.47. The maximum absolute atomic E-state index is 12.7. The molecule has 1 aromatic carbocycles. The van der Waals surface area contributed by atoms with E-state index in [2.05, 4.69) is 10.6 Å². The first-order chi connectivity index (χ1) is 11.0. The van der Waals surface area contributed by atoms with Gasteiger partial charge in [0.25, 0.3) is 5.91 Å². The van der Waals surface area contributed by atoms with Crippen molar-refractivity contribution in [3.63, 3.8) is 0 Å². The SMILES string of the molecule is CC(C)NC(=O)Nc1cccc(C(=O)N2CCCCC2CN)c1.Cl. The van der Waals surface area contributed by atoms with Gasteiger partial charge in [-0.05, 0) is 51.3 Å². The maximum Gasteiger partial charge on any atom is 0.319 e. The van der Waals surface area contributed by atoms with Crippen molar-refractivity contribution in [3.05, 3.63) is 29.8 Å². The van der Waals surface area contributed by atoms with Crippen molar-refractivity contribution < 1.29 is 9.59 Å². The number of hydrogen-bond donors (Lipinski definition) is 3. The van der Waals surface area contributed by atoms with E-state index in [9.17, 15) is 9.59 Å². The third kappa shape index (κ3) is 5.39. The molecule has 24 heavy (non-hydrogen) atoms. The number of nitrogens with two attached hydrogens (primary N) is 1. The van der Waals surface area contributed by atoms with Crippen molar-refractivity contribution in [3.8, 4) is 0 Å². The summed E-state index contributed by atoms with van der Waals surface area (Å²) in [5.74, 6) is -0.0203. The Morgan fingerprint density at radius 1 is 1.33 bits per heavy atom. The van der Waals surface area contributed by atoms with Crippen LogP contribution in [-0.2, 0) is 0 Å². The summed E-state index contributed by atoms with van der Waals surface area (Å²) in [6.45, 7) is 5.01. The molecule has 134 valence electrons. The van der Waals surface area contributed by atoms with E-state index >= 15 is 0 Å². The predicted octanol–water partition coefficient (Wildman–Crippen LogP) is 2.59. The highest BCUT2D eigenvalue weighted by Crippen LogP contribution is 2.20. The van der Waals surface area contributed by atoms with Crippen molar-refractivity contribution in [2.75, 3.05) is 18.4 Å². The largest absolute Gasteiger partial charge is 0.336 e. The molecule has 0 bridgehead atoms. The normalized spacial score (nSPS) is 17.2. The van der Waals surface area contributed by atoms with Gasteiger partial charge in [0.2, 0.25) is 0 Å². The van der Waals surface area contributed by atoms with Gasteiger partial charge in [0.1, 0.15) is 0 Å². The lowest BCUT2D eigenvalue weighted by Gasteiger charge is -2.35. The van der Waals surface area contributed by atoms with Gasteiger partial charge in [-0.25, -0.2) is 4.79 Å². The highest BCUT2D eigenvalue weighted by Gasteiger charge is 2.26. The zero-order chi connectivity index (χ0) is 16.8. The Hall–Kier alpha value is -1.79. The van der Waals surface area contributed by atoms with Crippen molar-refractivity contribution in [2.24, 2.45) is 5.73 Å². The average molecular weight is 355 g/mol. The van der Waals surface area contributed by atoms with Crippen LogP contribution in [0.25, 0.3) is 0 Å². The molecule has 1 aromatic rings. The zero-order valence-corrected chi connectivity index (χ0v) is 15.1. The molecule has 1 fully saturated rings. The van der Waals surface area contributed by atoms with Gasteiger partial charge < -0.3 is 21.3 Å². The van der Waals surface area contributed by atoms with E-state index in [4.69, 9.17) is 5.73 Å². The standard InChI is InChI=1S/C17H26N4O2.ClH/c1-12(2)19-17(23)20-14-7-5-6-13(10-14)16(22)21-9-4-3-8-15(21)11-18;/h5-7,10,12,15H,3-4,8-9,11,18H2,1-2H3,(H2,19,20,23);1H. The Morgan fingerprint density at radius 2 is 2.08 bits per heavy atom. The van der Waals surface area contributed by atoms with Gasteiger partial charge in [-0.3, -0.25) is 4.79 Å². The number of rotatable bonds is 4. The van der Waals surface area contributed by atoms with Crippen LogP contribution < -0.4 is 16.4 Å². The molecule has 1 saturated heterocycles. The number of halogens is 1. The zero-order valence-electron chi connectivity index (χ0n) is 14.2. The molecule has 6 nitrogen and oxygen atoms in total. The van der Waals surface area contributed by atoms with Crippen LogP contribution in [0.4, 0.5) is 10.5 Å². The third-order valence-corrected chi connectivity index (χ3v) is 3.95. The Bertz CT molecular complexity index is 565. The minimum Gasteiger partial charge on any atom is -0.336 e. The minimum absolute atomic E-state index is 0. The molecule has 0 radical (unpaired) electrons. The fourth-order valence-electron chi connectivity index (χ4n) is 2.84. The number of carbonyl (C=O) groups is 2. The molecule has 1 unspecified atom stereocenters. The van der Waals surface area contributed by atoms with E-state index in [-0.39, 0.29) is 36.4 Å². The third-order valence-electron chi connectivity index (χ3n) is 3.95. The highest BCUT2D eigenvalue weighted by molar-refractivity contribution is 5.97. The maximum atomic E-state index is 12.7. The molecular weight excluding hydrogens is 328 g/mol. The quantitative estimate of drug-likeness (QED) is 0.776. The number of hydrogen-bond acceptors (Lipinski definition) is 3. The van der Waals surface area contributed by atoms with E-state index in [0.29, 0.717) is 17.8 Å². The fourth-order valence-corrected chi connectivity index (χ4v) is 2.84. The van der Waals surface area contributed by atoms with Crippen LogP contribution in [0.2, 0.25) is 0 Å². The Labute approximate surface area is 149 Å². The van der Waals surface area contributed by atoms with Gasteiger partial charge in [0.05, 0.1) is 0 Å². The molecular formula is C17H27ClN4O2. The van der Waals surface area contributed by atoms with Crippen LogP contribution in [-0.4, -0.2) is 42.0 Å². The van der Waals surface area contributed by atoms with E-state index < -0.39 is 0 Å². The smallest absolute Gasteiger partial charge is 0.319 e. The molecule has 0 aliphatic carbocycles. The number of carbonyl (C=O) groups excluding carboxylic acids is 2. The lowest BCUT2D eigenvalue weighted by molar-refractivity contribution is 0.0623. The van der Waals surface area contributed by atoms with Gasteiger partial charge in [-0.15, -0.1) is 12.4 Å². The lowest BCUT2D eigenvalue weighted by atomic mass is 10.0. The second-order valence-corrected chi connectivity index (χ2v) is 6.22. The molecule has 1 heterocycles. The Balaban J connectivity index is 0.00000288. The summed E-state index contributed by atoms with van der Waals surface area (Å²) in [4.78, 5) is 26.4. The molecule has 4 N–H and O–H groups in total. The summed E-state index contributed by atoms with van der Waals surface area (Å²) >= 11 is 0. The first-order valence-electron chi connectivity index (χ1n) is 8.20. The van der Waals surface area contributed by atoms with E-state index in [1.807, 2.05) is 18.7 Å². The highest BCUT2D eigenvalue weighted by atomic mass is 35.5. The van der Waals surface area contributed by atoms with E-state index in [1.54, 1.807) is 24.3 Å². The number of likely N-dealkylation sites (tertiary alicyclic amines) is 1. The number of benzene rings is 1. The molecule has 7 heteroatoms. The van der Waals surface area contributed by atoms with Gasteiger partial charge in [-0.1, -0.05) is 6.07 Å². The van der Waals surface area contributed by atoms with Crippen molar-refractivity contribution >= 4 is 30.0 Å². The van der Waals surface area contributed by atoms with Crippen LogP contribution in [0.15, 0.2) is 24.3 Å². The first kappa shape index (κ1) is 20.3. The monoisotopic (exact) mass is 354 g/mol. The van der Waals surface area contributed by atoms with Crippen LogP contribution in [0.5, 0.6) is 0 Å². The second-order valence-electron chi connectivity index (χ2n) is 6.22. The molecule has 0 aromatic heterocycles. The molecule has 1 aliphatic rings. The summed E-state index contributed by atoms with van der Waals surface area (Å²) in [6, 6.07) is 6.92. The van der Waals surface area contributed by atoms with Gasteiger partial charge in [-0.2, -0.15) is 0 Å².